The monoisotopic (exact) mass is 746 g/mol. The van der Waals surface area contributed by atoms with Crippen molar-refractivity contribution < 1.29 is 27.5 Å². The molecule has 0 radical (unpaired) electrons. The van der Waals surface area contributed by atoms with Crippen molar-refractivity contribution in [2.45, 2.75) is 65.8 Å². The van der Waals surface area contributed by atoms with Crippen LogP contribution >= 0.6 is 0 Å². The van der Waals surface area contributed by atoms with Crippen LogP contribution in [0.25, 0.3) is 10.9 Å². The Morgan fingerprint density at radius 1 is 0.962 bits per heavy atom. The number of nitrogens with one attached hydrogen (secondary N) is 2. The van der Waals surface area contributed by atoms with Gasteiger partial charge in [-0.25, -0.2) is 23.1 Å². The molecule has 13 nitrogen and oxygen atoms in total. The zero-order valence-corrected chi connectivity index (χ0v) is 32.0. The van der Waals surface area contributed by atoms with Gasteiger partial charge in [0.05, 0.1) is 42.3 Å². The summed E-state index contributed by atoms with van der Waals surface area (Å²) in [6.07, 6.45) is 5.40. The topological polar surface area (TPSA) is 161 Å². The third kappa shape index (κ3) is 11.7. The van der Waals surface area contributed by atoms with Crippen molar-refractivity contribution in [2.75, 3.05) is 49.8 Å². The van der Waals surface area contributed by atoms with Gasteiger partial charge in [-0.1, -0.05) is 43.5 Å². The van der Waals surface area contributed by atoms with Crippen LogP contribution in [0.2, 0.25) is 0 Å². The molecule has 0 saturated heterocycles. The number of esters is 1. The number of aliphatic imine (C=N–C) groups is 1. The molecule has 3 aromatic carbocycles. The largest absolute Gasteiger partial charge is 0.495 e. The second-order valence-corrected chi connectivity index (χ2v) is 14.4. The second-order valence-electron chi connectivity index (χ2n) is 12.6. The molecule has 0 bridgehead atoms. The van der Waals surface area contributed by atoms with E-state index in [1.165, 1.54) is 11.7 Å². The van der Waals surface area contributed by atoms with Gasteiger partial charge in [0.1, 0.15) is 5.75 Å². The van der Waals surface area contributed by atoms with E-state index in [0.29, 0.717) is 67.1 Å². The first-order chi connectivity index (χ1) is 25.4. The number of methoxy groups -OCH3 is 1. The van der Waals surface area contributed by atoms with Crippen LogP contribution in [0.15, 0.2) is 76.5 Å². The highest BCUT2D eigenvalue weighted by molar-refractivity contribution is 7.88. The molecule has 0 saturated carbocycles. The Morgan fingerprint density at radius 2 is 1.68 bits per heavy atom. The van der Waals surface area contributed by atoms with Crippen LogP contribution in [0, 0.1) is 6.92 Å². The number of para-hydroxylation sites is 3. The summed E-state index contributed by atoms with van der Waals surface area (Å²) in [5.74, 6) is -0.181. The molecule has 1 amide bonds. The van der Waals surface area contributed by atoms with Crippen molar-refractivity contribution in [3.63, 3.8) is 0 Å². The minimum Gasteiger partial charge on any atom is -0.495 e. The summed E-state index contributed by atoms with van der Waals surface area (Å²) in [5, 5.41) is 3.36. The van der Waals surface area contributed by atoms with Gasteiger partial charge >= 0.3 is 5.97 Å². The summed E-state index contributed by atoms with van der Waals surface area (Å²) >= 11 is 0. The van der Waals surface area contributed by atoms with Crippen molar-refractivity contribution in [1.82, 2.24) is 14.3 Å². The molecule has 0 aliphatic carbocycles. The smallest absolute Gasteiger partial charge is 0.305 e. The summed E-state index contributed by atoms with van der Waals surface area (Å²) in [6, 6.07) is 19.7. The summed E-state index contributed by atoms with van der Waals surface area (Å²) in [4.78, 5) is 51.9. The van der Waals surface area contributed by atoms with Crippen molar-refractivity contribution >= 4 is 55.6 Å². The lowest BCUT2D eigenvalue weighted by molar-refractivity contribution is -0.143. The zero-order chi connectivity index (χ0) is 38.4. The zero-order valence-electron chi connectivity index (χ0n) is 31.2. The number of likely N-dealkylation sites (N-methyl/N-ethyl adjacent to an activating group) is 1. The lowest BCUT2D eigenvalue weighted by Crippen LogP contribution is -2.34. The number of amides is 1. The first-order valence-electron chi connectivity index (χ1n) is 17.9. The van der Waals surface area contributed by atoms with E-state index in [1.54, 1.807) is 61.5 Å². The Morgan fingerprint density at radius 3 is 2.40 bits per heavy atom. The minimum atomic E-state index is -3.32. The molecular weight excluding hydrogens is 697 g/mol. The fourth-order valence-electron chi connectivity index (χ4n) is 5.91. The molecule has 14 heteroatoms. The number of carbonyl (C=O) groups excluding carboxylic acids is 2. The number of sulfonamides is 1. The molecule has 0 atom stereocenters. The number of unbranched alkanes of at least 4 members (excludes halogenated alkanes) is 4. The highest BCUT2D eigenvalue weighted by Crippen LogP contribution is 2.27. The molecule has 284 valence electrons. The molecule has 0 aliphatic heterocycles. The third-order valence-corrected chi connectivity index (χ3v) is 9.35. The van der Waals surface area contributed by atoms with Crippen LogP contribution in [0.1, 0.15) is 63.8 Å². The Hall–Kier alpha value is -5.08. The maximum Gasteiger partial charge on any atom is 0.305 e. The van der Waals surface area contributed by atoms with Crippen LogP contribution in [-0.2, 0) is 30.9 Å². The maximum absolute atomic E-state index is 14.3. The van der Waals surface area contributed by atoms with E-state index in [9.17, 15) is 22.8 Å². The van der Waals surface area contributed by atoms with Crippen LogP contribution in [0.3, 0.4) is 0 Å². The second kappa shape index (κ2) is 19.7. The molecule has 0 unspecified atom stereocenters. The van der Waals surface area contributed by atoms with E-state index in [4.69, 9.17) is 19.5 Å². The van der Waals surface area contributed by atoms with Gasteiger partial charge < -0.3 is 19.7 Å². The van der Waals surface area contributed by atoms with E-state index in [0.717, 1.165) is 43.2 Å². The normalized spacial score (nSPS) is 11.8. The number of benzene rings is 3. The summed E-state index contributed by atoms with van der Waals surface area (Å²) in [7, 11) is -1.81. The van der Waals surface area contributed by atoms with Crippen molar-refractivity contribution in [1.29, 1.82) is 0 Å². The average molecular weight is 747 g/mol. The van der Waals surface area contributed by atoms with Gasteiger partial charge in [0.15, 0.2) is 11.5 Å². The van der Waals surface area contributed by atoms with Gasteiger partial charge in [0.2, 0.25) is 10.0 Å². The highest BCUT2D eigenvalue weighted by Gasteiger charge is 2.24. The number of nitrogens with zero attached hydrogens (tertiary/aromatic N) is 4. The van der Waals surface area contributed by atoms with E-state index in [2.05, 4.69) is 10.0 Å². The fourth-order valence-corrected chi connectivity index (χ4v) is 6.37. The summed E-state index contributed by atoms with van der Waals surface area (Å²) < 4.78 is 37.8. The Labute approximate surface area is 311 Å². The van der Waals surface area contributed by atoms with Crippen LogP contribution in [0.4, 0.5) is 17.1 Å². The molecule has 4 rings (SSSR count). The quantitative estimate of drug-likeness (QED) is 0.0652. The van der Waals surface area contributed by atoms with Crippen LogP contribution in [-0.4, -0.2) is 75.2 Å². The van der Waals surface area contributed by atoms with Crippen LogP contribution in [0.5, 0.6) is 5.75 Å². The Bertz CT molecular complexity index is 2080. The van der Waals surface area contributed by atoms with Gasteiger partial charge in [-0.3, -0.25) is 19.0 Å². The van der Waals surface area contributed by atoms with Crippen molar-refractivity contribution in [3.8, 4) is 5.75 Å². The number of aromatic nitrogens is 2. The number of ether oxygens (including phenoxy) is 2. The maximum atomic E-state index is 14.3. The average Bonchev–Trinajstić information content (AvgIpc) is 3.13. The number of aryl methyl sites for hydroxylation is 1. The van der Waals surface area contributed by atoms with Gasteiger partial charge in [0.25, 0.3) is 11.5 Å². The SMILES string of the molecule is CCOC(=O)CCCCCCCn1c(C(=Nc2ccc(N(CC)CCNS(C)(=O)=O)cc2C)C(=O)Nc2ccccc2OC)nc2ccccc2c1=O. The Balaban J connectivity index is 1.73. The molecule has 1 heterocycles. The molecule has 2 N–H and O–H groups in total. The third-order valence-electron chi connectivity index (χ3n) is 8.62. The lowest BCUT2D eigenvalue weighted by atomic mass is 10.1. The van der Waals surface area contributed by atoms with E-state index >= 15 is 0 Å². The molecule has 1 aromatic heterocycles. The number of hydrogen-bond acceptors (Lipinski definition) is 10. The number of rotatable bonds is 20. The van der Waals surface area contributed by atoms with Gasteiger partial charge in [-0.2, -0.15) is 0 Å². The molecule has 0 fully saturated rings. The fraction of sp³-hybridized carbons (Fsp3) is 0.410. The highest BCUT2D eigenvalue weighted by atomic mass is 32.2. The van der Waals surface area contributed by atoms with E-state index in [-0.39, 0.29) is 29.6 Å². The van der Waals surface area contributed by atoms with Crippen LogP contribution < -0.4 is 25.2 Å². The number of hydrogen-bond donors (Lipinski definition) is 2. The standard InChI is InChI=1S/C39H50N6O7S/c1-6-44(26-24-40-53(5,49)50)29-22-23-31(28(3)27-29)41-36(38(47)43-33-19-14-15-20-34(33)51-4)37-42-32-18-13-12-17-30(32)39(48)45(37)25-16-10-8-9-11-21-35(46)52-7-2/h12-15,17-20,22-23,27,40H,6-11,16,21,24-26H2,1-5H3,(H,43,47). The number of fused-ring (bicyclic) bond motifs is 1. The van der Waals surface area contributed by atoms with E-state index < -0.39 is 15.9 Å². The summed E-state index contributed by atoms with van der Waals surface area (Å²) in [6.45, 7) is 7.66. The molecular formula is C39H50N6O7S. The van der Waals surface area contributed by atoms with Crippen molar-refractivity contribution in [3.05, 3.63) is 88.5 Å². The molecule has 0 spiro atoms. The van der Waals surface area contributed by atoms with Gasteiger partial charge in [-0.05, 0) is 81.6 Å². The minimum absolute atomic E-state index is 0.0475. The number of anilines is 2. The van der Waals surface area contributed by atoms with E-state index in [1.807, 2.05) is 30.9 Å². The predicted molar refractivity (Wildman–Crippen MR) is 210 cm³/mol. The lowest BCUT2D eigenvalue weighted by Gasteiger charge is -2.24. The molecule has 0 aliphatic rings. The van der Waals surface area contributed by atoms with Gasteiger partial charge in [0, 0.05) is 38.3 Å². The predicted octanol–water partition coefficient (Wildman–Crippen LogP) is 5.75. The number of carbonyl (C=O) groups is 2. The first-order valence-corrected chi connectivity index (χ1v) is 19.8. The van der Waals surface area contributed by atoms with Crippen molar-refractivity contribution in [2.24, 2.45) is 4.99 Å². The molecule has 4 aromatic rings. The first kappa shape index (κ1) is 40.7. The van der Waals surface area contributed by atoms with Gasteiger partial charge in [-0.15, -0.1) is 0 Å². The summed E-state index contributed by atoms with van der Waals surface area (Å²) in [5.41, 5.74) is 2.67. The molecule has 53 heavy (non-hydrogen) atoms. The Kier molecular flexibility index (Phi) is 15.1.